The van der Waals surface area contributed by atoms with Crippen molar-refractivity contribution in [3.05, 3.63) is 28.6 Å². The van der Waals surface area contributed by atoms with Gasteiger partial charge in [-0.2, -0.15) is 5.10 Å². The monoisotopic (exact) mass is 308 g/mol. The number of nitrogens with zero attached hydrogens (tertiary/aromatic N) is 3. The van der Waals surface area contributed by atoms with E-state index < -0.39 is 0 Å². The molecule has 1 aliphatic rings. The molecule has 0 bridgehead atoms. The molecule has 18 heavy (non-hydrogen) atoms. The molecule has 0 saturated carbocycles. The van der Waals surface area contributed by atoms with Gasteiger partial charge < -0.3 is 0 Å². The topological polar surface area (TPSA) is 76.4 Å². The van der Waals surface area contributed by atoms with Crippen LogP contribution in [-0.4, -0.2) is 26.4 Å². The first-order valence-corrected chi connectivity index (χ1v) is 6.27. The van der Waals surface area contributed by atoms with Crippen molar-refractivity contribution >= 4 is 33.4 Å². The Labute approximate surface area is 111 Å². The second kappa shape index (κ2) is 4.16. The number of aromatic nitrogens is 3. The highest BCUT2D eigenvalue weighted by Crippen LogP contribution is 2.28. The van der Waals surface area contributed by atoms with Gasteiger partial charge in [-0.3, -0.25) is 14.9 Å². The first-order valence-electron chi connectivity index (χ1n) is 5.47. The van der Waals surface area contributed by atoms with Crippen molar-refractivity contribution < 1.29 is 9.59 Å². The molecule has 6 nitrogen and oxygen atoms in total. The van der Waals surface area contributed by atoms with Crippen molar-refractivity contribution in [2.24, 2.45) is 0 Å². The zero-order valence-corrected chi connectivity index (χ0v) is 10.8. The lowest BCUT2D eigenvalue weighted by Gasteiger charge is -2.21. The fraction of sp³-hybridized carbons (Fsp3) is 0.273. The number of carbonyl (C=O) groups excluding carboxylic acids is 2. The Morgan fingerprint density at radius 3 is 3.06 bits per heavy atom. The normalized spacial score (nSPS) is 20.2. The van der Waals surface area contributed by atoms with Gasteiger partial charge in [0.15, 0.2) is 5.65 Å². The SMILES string of the molecule is O=C1CCC(c2cc(Br)c3ncnn3c2)C(=O)N1. The summed E-state index contributed by atoms with van der Waals surface area (Å²) < 4.78 is 2.39. The van der Waals surface area contributed by atoms with Crippen LogP contribution < -0.4 is 5.32 Å². The number of carbonyl (C=O) groups is 2. The molecular formula is C11H9BrN4O2. The highest BCUT2D eigenvalue weighted by atomic mass is 79.9. The maximum Gasteiger partial charge on any atom is 0.234 e. The third kappa shape index (κ3) is 1.80. The van der Waals surface area contributed by atoms with Gasteiger partial charge in [-0.05, 0) is 34.0 Å². The predicted molar refractivity (Wildman–Crippen MR) is 65.8 cm³/mol. The van der Waals surface area contributed by atoms with Gasteiger partial charge >= 0.3 is 0 Å². The zero-order chi connectivity index (χ0) is 12.7. The average molecular weight is 309 g/mol. The largest absolute Gasteiger partial charge is 0.296 e. The van der Waals surface area contributed by atoms with Crippen molar-refractivity contribution in [3.63, 3.8) is 0 Å². The molecule has 0 aliphatic carbocycles. The molecule has 0 aromatic carbocycles. The van der Waals surface area contributed by atoms with Gasteiger partial charge in [0, 0.05) is 12.6 Å². The molecule has 1 N–H and O–H groups in total. The second-order valence-electron chi connectivity index (χ2n) is 4.15. The van der Waals surface area contributed by atoms with Gasteiger partial charge in [-0.25, -0.2) is 9.50 Å². The Morgan fingerprint density at radius 1 is 1.44 bits per heavy atom. The number of piperidine rings is 1. The lowest BCUT2D eigenvalue weighted by atomic mass is 9.92. The predicted octanol–water partition coefficient (Wildman–Crippen LogP) is 1.01. The van der Waals surface area contributed by atoms with Crippen molar-refractivity contribution in [1.29, 1.82) is 0 Å². The number of nitrogens with one attached hydrogen (secondary N) is 1. The Hall–Kier alpha value is -1.76. The van der Waals surface area contributed by atoms with Crippen LogP contribution in [0.5, 0.6) is 0 Å². The summed E-state index contributed by atoms with van der Waals surface area (Å²) in [5.74, 6) is -0.776. The third-order valence-electron chi connectivity index (χ3n) is 2.99. The van der Waals surface area contributed by atoms with E-state index in [9.17, 15) is 9.59 Å². The van der Waals surface area contributed by atoms with Crippen LogP contribution in [0, 0.1) is 0 Å². The number of hydrogen-bond acceptors (Lipinski definition) is 4. The van der Waals surface area contributed by atoms with Gasteiger partial charge in [0.1, 0.15) is 6.33 Å². The van der Waals surface area contributed by atoms with Crippen LogP contribution in [0.4, 0.5) is 0 Å². The molecule has 1 unspecified atom stereocenters. The smallest absolute Gasteiger partial charge is 0.234 e. The number of halogens is 1. The van der Waals surface area contributed by atoms with Gasteiger partial charge in [0.25, 0.3) is 0 Å². The summed E-state index contributed by atoms with van der Waals surface area (Å²) in [6.07, 6.45) is 4.11. The van der Waals surface area contributed by atoms with Crippen LogP contribution in [-0.2, 0) is 9.59 Å². The van der Waals surface area contributed by atoms with Crippen molar-refractivity contribution in [2.75, 3.05) is 0 Å². The molecule has 7 heteroatoms. The van der Waals surface area contributed by atoms with Crippen molar-refractivity contribution in [2.45, 2.75) is 18.8 Å². The molecule has 1 aliphatic heterocycles. The fourth-order valence-electron chi connectivity index (χ4n) is 2.11. The minimum Gasteiger partial charge on any atom is -0.296 e. The van der Waals surface area contributed by atoms with Crippen LogP contribution >= 0.6 is 15.9 Å². The molecule has 2 amide bonds. The average Bonchev–Trinajstić information content (AvgIpc) is 2.77. The first kappa shape index (κ1) is 11.3. The summed E-state index contributed by atoms with van der Waals surface area (Å²) >= 11 is 3.40. The highest BCUT2D eigenvalue weighted by molar-refractivity contribution is 9.10. The van der Waals surface area contributed by atoms with Gasteiger partial charge in [0.2, 0.25) is 11.8 Å². The number of fused-ring (bicyclic) bond motifs is 1. The lowest BCUT2D eigenvalue weighted by molar-refractivity contribution is -0.134. The van der Waals surface area contributed by atoms with E-state index in [1.165, 1.54) is 6.33 Å². The Morgan fingerprint density at radius 2 is 2.28 bits per heavy atom. The molecule has 92 valence electrons. The second-order valence-corrected chi connectivity index (χ2v) is 5.01. The number of pyridine rings is 1. The highest BCUT2D eigenvalue weighted by Gasteiger charge is 2.28. The standard InChI is InChI=1S/C11H9BrN4O2/c12-8-3-6(4-16-10(8)13-5-14-16)7-1-2-9(17)15-11(7)18/h3-5,7H,1-2H2,(H,15,17,18). The molecule has 3 rings (SSSR count). The summed E-state index contributed by atoms with van der Waals surface area (Å²) in [7, 11) is 0. The van der Waals surface area contributed by atoms with E-state index in [1.54, 1.807) is 10.7 Å². The van der Waals surface area contributed by atoms with Gasteiger partial charge in [-0.15, -0.1) is 0 Å². The molecule has 0 spiro atoms. The summed E-state index contributed by atoms with van der Waals surface area (Å²) in [5.41, 5.74) is 1.52. The molecule has 0 radical (unpaired) electrons. The van der Waals surface area contributed by atoms with Crippen LogP contribution in [0.2, 0.25) is 0 Å². The molecule has 1 fully saturated rings. The fourth-order valence-corrected chi connectivity index (χ4v) is 2.66. The number of hydrogen-bond donors (Lipinski definition) is 1. The molecule has 1 atom stereocenters. The van der Waals surface area contributed by atoms with Crippen molar-refractivity contribution in [1.82, 2.24) is 19.9 Å². The molecule has 3 heterocycles. The van der Waals surface area contributed by atoms with Crippen LogP contribution in [0.1, 0.15) is 24.3 Å². The number of rotatable bonds is 1. The van der Waals surface area contributed by atoms with E-state index in [0.717, 1.165) is 10.0 Å². The number of imide groups is 1. The summed E-state index contributed by atoms with van der Waals surface area (Å²) in [6.45, 7) is 0. The van der Waals surface area contributed by atoms with Crippen LogP contribution in [0.15, 0.2) is 23.1 Å². The minimum atomic E-state index is -0.312. The lowest BCUT2D eigenvalue weighted by Crippen LogP contribution is -2.39. The van der Waals surface area contributed by atoms with E-state index in [0.29, 0.717) is 18.5 Å². The van der Waals surface area contributed by atoms with E-state index in [4.69, 9.17) is 0 Å². The van der Waals surface area contributed by atoms with Gasteiger partial charge in [-0.1, -0.05) is 0 Å². The molecular weight excluding hydrogens is 300 g/mol. The maximum atomic E-state index is 11.8. The van der Waals surface area contributed by atoms with E-state index in [2.05, 4.69) is 31.3 Å². The Balaban J connectivity index is 2.03. The van der Waals surface area contributed by atoms with Crippen LogP contribution in [0.25, 0.3) is 5.65 Å². The molecule has 2 aromatic heterocycles. The Bertz CT molecular complexity index is 652. The maximum absolute atomic E-state index is 11.8. The quantitative estimate of drug-likeness (QED) is 0.798. The van der Waals surface area contributed by atoms with E-state index in [-0.39, 0.29) is 17.7 Å². The molecule has 1 saturated heterocycles. The summed E-state index contributed by atoms with van der Waals surface area (Å²) in [6, 6.07) is 1.85. The summed E-state index contributed by atoms with van der Waals surface area (Å²) in [4.78, 5) is 27.0. The van der Waals surface area contributed by atoms with Crippen LogP contribution in [0.3, 0.4) is 0 Å². The zero-order valence-electron chi connectivity index (χ0n) is 9.26. The van der Waals surface area contributed by atoms with E-state index in [1.807, 2.05) is 6.07 Å². The third-order valence-corrected chi connectivity index (χ3v) is 3.58. The van der Waals surface area contributed by atoms with Gasteiger partial charge in [0.05, 0.1) is 10.4 Å². The Kier molecular flexibility index (Phi) is 2.62. The number of amides is 2. The van der Waals surface area contributed by atoms with E-state index >= 15 is 0 Å². The first-order chi connectivity index (χ1) is 8.65. The van der Waals surface area contributed by atoms with Crippen molar-refractivity contribution in [3.8, 4) is 0 Å². The minimum absolute atomic E-state index is 0.211. The molecule has 2 aromatic rings. The summed E-state index contributed by atoms with van der Waals surface area (Å²) in [5, 5.41) is 6.40.